The van der Waals surface area contributed by atoms with E-state index in [1.165, 1.54) is 0 Å². The van der Waals surface area contributed by atoms with Crippen molar-refractivity contribution in [2.24, 2.45) is 11.7 Å². The molecule has 1 aromatic carbocycles. The van der Waals surface area contributed by atoms with Gasteiger partial charge in [-0.05, 0) is 31.0 Å². The Kier molecular flexibility index (Phi) is 4.07. The molecular weight excluding hydrogens is 262 g/mol. The summed E-state index contributed by atoms with van der Waals surface area (Å²) in [6.07, 6.45) is 1.10. The Labute approximate surface area is 118 Å². The molecule has 6 heteroatoms. The van der Waals surface area contributed by atoms with E-state index in [-0.39, 0.29) is 12.4 Å². The predicted octanol–water partition coefficient (Wildman–Crippen LogP) is 1.42. The van der Waals surface area contributed by atoms with E-state index in [4.69, 9.17) is 11.5 Å². The van der Waals surface area contributed by atoms with E-state index in [0.29, 0.717) is 11.7 Å². The summed E-state index contributed by atoms with van der Waals surface area (Å²) in [7, 11) is 0. The van der Waals surface area contributed by atoms with Gasteiger partial charge in [0.15, 0.2) is 11.6 Å². The van der Waals surface area contributed by atoms with Crippen molar-refractivity contribution >= 4 is 35.1 Å². The molecule has 3 rings (SSSR count). The molecule has 1 unspecified atom stereocenters. The van der Waals surface area contributed by atoms with E-state index in [9.17, 15) is 0 Å². The number of hydrogen-bond donors (Lipinski definition) is 2. The number of anilines is 2. The maximum Gasteiger partial charge on any atom is 0.172 e. The third-order valence-electron chi connectivity index (χ3n) is 3.50. The molecule has 2 aromatic rings. The molecule has 4 N–H and O–H groups in total. The molecule has 19 heavy (non-hydrogen) atoms. The van der Waals surface area contributed by atoms with Crippen LogP contribution in [0.25, 0.3) is 11.0 Å². The molecule has 2 heterocycles. The van der Waals surface area contributed by atoms with Gasteiger partial charge in [0.05, 0.1) is 11.0 Å². The van der Waals surface area contributed by atoms with Gasteiger partial charge in [-0.2, -0.15) is 0 Å². The van der Waals surface area contributed by atoms with E-state index < -0.39 is 0 Å². The monoisotopic (exact) mass is 279 g/mol. The normalized spacial score (nSPS) is 18.6. The first-order valence-corrected chi connectivity index (χ1v) is 6.25. The molecule has 0 radical (unpaired) electrons. The van der Waals surface area contributed by atoms with Gasteiger partial charge in [-0.15, -0.1) is 12.4 Å². The number of rotatable bonds is 2. The molecule has 0 spiro atoms. The molecule has 1 aromatic heterocycles. The Morgan fingerprint density at radius 3 is 2.53 bits per heavy atom. The second-order valence-electron chi connectivity index (χ2n) is 4.76. The minimum atomic E-state index is 0. The van der Waals surface area contributed by atoms with Crippen molar-refractivity contribution in [2.75, 3.05) is 30.3 Å². The smallest absolute Gasteiger partial charge is 0.172 e. The highest BCUT2D eigenvalue weighted by molar-refractivity contribution is 5.85. The molecule has 102 valence electrons. The number of halogens is 1. The summed E-state index contributed by atoms with van der Waals surface area (Å²) in [6, 6.07) is 7.79. The van der Waals surface area contributed by atoms with Gasteiger partial charge in [-0.3, -0.25) is 0 Å². The van der Waals surface area contributed by atoms with Crippen LogP contribution < -0.4 is 16.4 Å². The minimum Gasteiger partial charge on any atom is -0.381 e. The van der Waals surface area contributed by atoms with Crippen molar-refractivity contribution < 1.29 is 0 Å². The first kappa shape index (κ1) is 13.8. The average Bonchev–Trinajstić information content (AvgIpc) is 2.86. The van der Waals surface area contributed by atoms with Crippen LogP contribution in [0.15, 0.2) is 24.3 Å². The van der Waals surface area contributed by atoms with E-state index in [1.54, 1.807) is 0 Å². The Hall–Kier alpha value is -1.59. The zero-order valence-electron chi connectivity index (χ0n) is 10.6. The van der Waals surface area contributed by atoms with Gasteiger partial charge >= 0.3 is 0 Å². The quantitative estimate of drug-likeness (QED) is 0.869. The van der Waals surface area contributed by atoms with E-state index >= 15 is 0 Å². The lowest BCUT2D eigenvalue weighted by Crippen LogP contribution is -2.24. The average molecular weight is 280 g/mol. The molecule has 0 bridgehead atoms. The Bertz CT molecular complexity index is 574. The minimum absolute atomic E-state index is 0. The molecule has 1 aliphatic heterocycles. The number of nitrogens with zero attached hydrogens (tertiary/aromatic N) is 3. The topological polar surface area (TPSA) is 81.1 Å². The molecule has 1 saturated heterocycles. The number of benzene rings is 1. The summed E-state index contributed by atoms with van der Waals surface area (Å²) in [5, 5.41) is 0. The highest BCUT2D eigenvalue weighted by Crippen LogP contribution is 2.27. The fraction of sp³-hybridized carbons (Fsp3) is 0.385. The predicted molar refractivity (Wildman–Crippen MR) is 80.6 cm³/mol. The summed E-state index contributed by atoms with van der Waals surface area (Å²) in [5.41, 5.74) is 13.4. The van der Waals surface area contributed by atoms with Crippen LogP contribution in [0.4, 0.5) is 11.6 Å². The Morgan fingerprint density at radius 2 is 1.89 bits per heavy atom. The van der Waals surface area contributed by atoms with Gasteiger partial charge in [0.2, 0.25) is 0 Å². The summed E-state index contributed by atoms with van der Waals surface area (Å²) in [6.45, 7) is 2.60. The fourth-order valence-electron chi connectivity index (χ4n) is 2.45. The zero-order chi connectivity index (χ0) is 12.5. The van der Waals surface area contributed by atoms with Crippen LogP contribution in [0.1, 0.15) is 6.42 Å². The van der Waals surface area contributed by atoms with Crippen LogP contribution in [0.3, 0.4) is 0 Å². The van der Waals surface area contributed by atoms with Crippen molar-refractivity contribution in [1.82, 2.24) is 9.97 Å². The number of aromatic nitrogens is 2. The maximum atomic E-state index is 6.01. The van der Waals surface area contributed by atoms with Crippen LogP contribution in [-0.2, 0) is 0 Å². The molecule has 5 nitrogen and oxygen atoms in total. The molecule has 1 atom stereocenters. The van der Waals surface area contributed by atoms with Crippen molar-refractivity contribution in [3.8, 4) is 0 Å². The molecule has 0 amide bonds. The first-order chi connectivity index (χ1) is 8.78. The number of nitrogen functional groups attached to an aromatic ring is 1. The zero-order valence-corrected chi connectivity index (χ0v) is 11.4. The van der Waals surface area contributed by atoms with Crippen molar-refractivity contribution in [1.29, 1.82) is 0 Å². The number of hydrogen-bond acceptors (Lipinski definition) is 5. The van der Waals surface area contributed by atoms with Gasteiger partial charge in [0, 0.05) is 13.1 Å². The first-order valence-electron chi connectivity index (χ1n) is 6.25. The standard InChI is InChI=1S/C13H17N5.ClH/c14-7-9-5-6-18(8-9)13-12(15)16-10-3-1-2-4-11(10)17-13;/h1-4,9H,5-8,14H2,(H2,15,16);1H. The number of fused-ring (bicyclic) bond motifs is 1. The lowest BCUT2D eigenvalue weighted by Gasteiger charge is -2.18. The lowest BCUT2D eigenvalue weighted by molar-refractivity contribution is 0.602. The summed E-state index contributed by atoms with van der Waals surface area (Å²) < 4.78 is 0. The van der Waals surface area contributed by atoms with E-state index in [0.717, 1.165) is 42.9 Å². The summed E-state index contributed by atoms with van der Waals surface area (Å²) >= 11 is 0. The SMILES string of the molecule is Cl.NCC1CCN(c2nc3ccccc3nc2N)C1. The molecular formula is C13H18ClN5. The lowest BCUT2D eigenvalue weighted by atomic mass is 10.1. The van der Waals surface area contributed by atoms with Crippen LogP contribution in [0, 0.1) is 5.92 Å². The third-order valence-corrected chi connectivity index (χ3v) is 3.50. The van der Waals surface area contributed by atoms with E-state index in [2.05, 4.69) is 14.9 Å². The van der Waals surface area contributed by atoms with Crippen LogP contribution in [-0.4, -0.2) is 29.6 Å². The molecule has 1 fully saturated rings. The van der Waals surface area contributed by atoms with Gasteiger partial charge in [-0.25, -0.2) is 9.97 Å². The second-order valence-corrected chi connectivity index (χ2v) is 4.76. The fourth-order valence-corrected chi connectivity index (χ4v) is 2.45. The highest BCUT2D eigenvalue weighted by atomic mass is 35.5. The van der Waals surface area contributed by atoms with Crippen LogP contribution in [0.2, 0.25) is 0 Å². The summed E-state index contributed by atoms with van der Waals surface area (Å²) in [4.78, 5) is 11.2. The Balaban J connectivity index is 0.00000133. The van der Waals surface area contributed by atoms with Gasteiger partial charge in [0.1, 0.15) is 0 Å². The van der Waals surface area contributed by atoms with E-state index in [1.807, 2.05) is 24.3 Å². The van der Waals surface area contributed by atoms with Crippen molar-refractivity contribution in [3.05, 3.63) is 24.3 Å². The number of nitrogens with two attached hydrogens (primary N) is 2. The largest absolute Gasteiger partial charge is 0.381 e. The highest BCUT2D eigenvalue weighted by Gasteiger charge is 2.24. The maximum absolute atomic E-state index is 6.01. The molecule has 0 aliphatic carbocycles. The Morgan fingerprint density at radius 1 is 1.21 bits per heavy atom. The van der Waals surface area contributed by atoms with Crippen LogP contribution in [0.5, 0.6) is 0 Å². The molecule has 0 saturated carbocycles. The van der Waals surface area contributed by atoms with Gasteiger partial charge in [0.25, 0.3) is 0 Å². The van der Waals surface area contributed by atoms with Crippen molar-refractivity contribution in [3.63, 3.8) is 0 Å². The second kappa shape index (κ2) is 5.59. The summed E-state index contributed by atoms with van der Waals surface area (Å²) in [5.74, 6) is 1.84. The van der Waals surface area contributed by atoms with Gasteiger partial charge < -0.3 is 16.4 Å². The van der Waals surface area contributed by atoms with Gasteiger partial charge in [-0.1, -0.05) is 12.1 Å². The molecule has 1 aliphatic rings. The number of para-hydroxylation sites is 2. The van der Waals surface area contributed by atoms with Crippen LogP contribution >= 0.6 is 12.4 Å². The third kappa shape index (κ3) is 2.57. The van der Waals surface area contributed by atoms with Crippen molar-refractivity contribution in [2.45, 2.75) is 6.42 Å².